The second-order valence-electron chi connectivity index (χ2n) is 7.16. The third-order valence-electron chi connectivity index (χ3n) is 4.76. The summed E-state index contributed by atoms with van der Waals surface area (Å²) in [6.07, 6.45) is 1.85. The quantitative estimate of drug-likeness (QED) is 0.281. The Morgan fingerprint density at radius 1 is 0.971 bits per heavy atom. The van der Waals surface area contributed by atoms with E-state index in [1.165, 1.54) is 20.1 Å². The highest BCUT2D eigenvalue weighted by molar-refractivity contribution is 6.35. The maximum Gasteiger partial charge on any atom is 0.331 e. The van der Waals surface area contributed by atoms with Crippen molar-refractivity contribution < 1.29 is 23.8 Å². The molecule has 0 aliphatic heterocycles. The summed E-state index contributed by atoms with van der Waals surface area (Å²) >= 11 is 12.3. The number of amides is 1. The highest BCUT2D eigenvalue weighted by Crippen LogP contribution is 2.26. The summed E-state index contributed by atoms with van der Waals surface area (Å²) in [5.41, 5.74) is 1.96. The Morgan fingerprint density at radius 2 is 1.65 bits per heavy atom. The van der Waals surface area contributed by atoms with E-state index < -0.39 is 18.0 Å². The van der Waals surface area contributed by atoms with E-state index in [1.54, 1.807) is 72.8 Å². The molecule has 0 saturated heterocycles. The lowest BCUT2D eigenvalue weighted by Gasteiger charge is -2.14. The number of halogens is 2. The third-order valence-corrected chi connectivity index (χ3v) is 5.47. The summed E-state index contributed by atoms with van der Waals surface area (Å²) in [6, 6.07) is 19.3. The molecule has 0 heterocycles. The molecule has 0 radical (unpaired) electrons. The van der Waals surface area contributed by atoms with Crippen LogP contribution < -0.4 is 14.8 Å². The van der Waals surface area contributed by atoms with Gasteiger partial charge in [0.15, 0.2) is 6.10 Å². The minimum absolute atomic E-state index is 0.231. The first-order chi connectivity index (χ1) is 16.4. The molecule has 0 aliphatic carbocycles. The van der Waals surface area contributed by atoms with Gasteiger partial charge in [-0.2, -0.15) is 0 Å². The number of ether oxygens (including phenoxy) is 3. The molecule has 3 rings (SSSR count). The van der Waals surface area contributed by atoms with Gasteiger partial charge < -0.3 is 19.5 Å². The zero-order valence-electron chi connectivity index (χ0n) is 18.6. The van der Waals surface area contributed by atoms with Crippen LogP contribution in [0.1, 0.15) is 18.1 Å². The predicted octanol–water partition coefficient (Wildman–Crippen LogP) is 6.16. The number of benzene rings is 3. The predicted molar refractivity (Wildman–Crippen MR) is 133 cm³/mol. The van der Waals surface area contributed by atoms with Gasteiger partial charge in [-0.25, -0.2) is 4.79 Å². The average molecular weight is 500 g/mol. The second kappa shape index (κ2) is 12.1. The van der Waals surface area contributed by atoms with Crippen LogP contribution in [0.25, 0.3) is 6.08 Å². The summed E-state index contributed by atoms with van der Waals surface area (Å²) < 4.78 is 16.1. The highest BCUT2D eigenvalue weighted by atomic mass is 35.5. The van der Waals surface area contributed by atoms with Crippen LogP contribution in [0, 0.1) is 0 Å². The highest BCUT2D eigenvalue weighted by Gasteiger charge is 2.18. The van der Waals surface area contributed by atoms with Gasteiger partial charge >= 0.3 is 5.97 Å². The molecule has 0 fully saturated rings. The number of nitrogens with one attached hydrogen (secondary N) is 1. The number of esters is 1. The van der Waals surface area contributed by atoms with Crippen molar-refractivity contribution in [3.63, 3.8) is 0 Å². The maximum atomic E-state index is 12.3. The second-order valence-corrected chi connectivity index (χ2v) is 7.97. The van der Waals surface area contributed by atoms with E-state index in [2.05, 4.69) is 5.32 Å². The summed E-state index contributed by atoms with van der Waals surface area (Å²) in [5.74, 6) is 0.0248. The van der Waals surface area contributed by atoms with Crippen molar-refractivity contribution in [2.75, 3.05) is 12.4 Å². The molecule has 1 amide bonds. The SMILES string of the molecule is COc1ccccc1NC(=O)C(C)OC(=O)/C=C/c1ccc(OCc2c(Cl)cccc2Cl)cc1. The zero-order valence-corrected chi connectivity index (χ0v) is 20.1. The molecule has 0 saturated carbocycles. The first-order valence-corrected chi connectivity index (χ1v) is 11.1. The fourth-order valence-corrected chi connectivity index (χ4v) is 3.42. The van der Waals surface area contributed by atoms with Crippen molar-refractivity contribution in [2.24, 2.45) is 0 Å². The van der Waals surface area contributed by atoms with Crippen LogP contribution in [0.15, 0.2) is 72.8 Å². The first-order valence-electron chi connectivity index (χ1n) is 10.4. The van der Waals surface area contributed by atoms with Crippen LogP contribution >= 0.6 is 23.2 Å². The van der Waals surface area contributed by atoms with Crippen LogP contribution in [-0.4, -0.2) is 25.1 Å². The molecule has 3 aromatic carbocycles. The number of para-hydroxylation sites is 2. The molecule has 6 nitrogen and oxygen atoms in total. The summed E-state index contributed by atoms with van der Waals surface area (Å²) in [4.78, 5) is 24.5. The van der Waals surface area contributed by atoms with E-state index in [0.29, 0.717) is 32.8 Å². The van der Waals surface area contributed by atoms with Crippen LogP contribution in [0.5, 0.6) is 11.5 Å². The molecule has 0 bridgehead atoms. The van der Waals surface area contributed by atoms with E-state index in [4.69, 9.17) is 37.4 Å². The lowest BCUT2D eigenvalue weighted by molar-refractivity contribution is -0.148. The number of rotatable bonds is 9. The number of carbonyl (C=O) groups excluding carboxylic acids is 2. The van der Waals surface area contributed by atoms with Gasteiger partial charge in [-0.1, -0.05) is 53.5 Å². The van der Waals surface area contributed by atoms with E-state index in [1.807, 2.05) is 0 Å². The van der Waals surface area contributed by atoms with Crippen molar-refractivity contribution >= 4 is 46.8 Å². The van der Waals surface area contributed by atoms with Crippen LogP contribution in [0.3, 0.4) is 0 Å². The summed E-state index contributed by atoms with van der Waals surface area (Å²) in [5, 5.41) is 3.76. The molecule has 8 heteroatoms. The van der Waals surface area contributed by atoms with Gasteiger partial charge in [-0.3, -0.25) is 4.79 Å². The monoisotopic (exact) mass is 499 g/mol. The number of hydrogen-bond acceptors (Lipinski definition) is 5. The third kappa shape index (κ3) is 7.01. The molecule has 34 heavy (non-hydrogen) atoms. The molecular weight excluding hydrogens is 477 g/mol. The van der Waals surface area contributed by atoms with Crippen LogP contribution in [0.4, 0.5) is 5.69 Å². The maximum absolute atomic E-state index is 12.3. The average Bonchev–Trinajstić information content (AvgIpc) is 2.83. The minimum Gasteiger partial charge on any atom is -0.495 e. The Morgan fingerprint density at radius 3 is 2.32 bits per heavy atom. The Bertz CT molecular complexity index is 1160. The zero-order chi connectivity index (χ0) is 24.5. The molecular formula is C26H23Cl2NO5. The first kappa shape index (κ1) is 25.1. The van der Waals surface area contributed by atoms with Crippen molar-refractivity contribution in [3.8, 4) is 11.5 Å². The van der Waals surface area contributed by atoms with E-state index in [-0.39, 0.29) is 6.61 Å². The molecule has 0 spiro atoms. The van der Waals surface area contributed by atoms with Gasteiger partial charge in [0.05, 0.1) is 12.8 Å². The minimum atomic E-state index is -0.991. The van der Waals surface area contributed by atoms with E-state index in [9.17, 15) is 9.59 Å². The Balaban J connectivity index is 1.50. The Hall–Kier alpha value is -3.48. The molecule has 1 unspecified atom stereocenters. The van der Waals surface area contributed by atoms with Crippen molar-refractivity contribution in [2.45, 2.75) is 19.6 Å². The number of hydrogen-bond donors (Lipinski definition) is 1. The lowest BCUT2D eigenvalue weighted by Crippen LogP contribution is -2.29. The smallest absolute Gasteiger partial charge is 0.331 e. The standard InChI is InChI=1S/C26H23Cl2NO5/c1-17(26(31)29-23-8-3-4-9-24(23)32-2)34-25(30)15-12-18-10-13-19(14-11-18)33-16-20-21(27)6-5-7-22(20)28/h3-15,17H,16H2,1-2H3,(H,29,31)/b15-12+. The number of carbonyl (C=O) groups is 2. The topological polar surface area (TPSA) is 73.9 Å². The molecule has 0 aromatic heterocycles. The summed E-state index contributed by atoms with van der Waals surface area (Å²) in [6.45, 7) is 1.72. The summed E-state index contributed by atoms with van der Waals surface area (Å²) in [7, 11) is 1.51. The lowest BCUT2D eigenvalue weighted by atomic mass is 10.2. The van der Waals surface area contributed by atoms with E-state index in [0.717, 1.165) is 5.56 Å². The van der Waals surface area contributed by atoms with Gasteiger partial charge in [0, 0.05) is 21.7 Å². The van der Waals surface area contributed by atoms with Crippen molar-refractivity contribution in [1.82, 2.24) is 0 Å². The fraction of sp³-hybridized carbons (Fsp3) is 0.154. The van der Waals surface area contributed by atoms with Gasteiger partial charge in [0.1, 0.15) is 18.1 Å². The molecule has 176 valence electrons. The van der Waals surface area contributed by atoms with Gasteiger partial charge in [-0.05, 0) is 55.0 Å². The van der Waals surface area contributed by atoms with Crippen molar-refractivity contribution in [3.05, 3.63) is 94.0 Å². The molecule has 1 atom stereocenters. The fourth-order valence-electron chi connectivity index (χ4n) is 2.91. The normalized spacial score (nSPS) is 11.6. The molecule has 3 aromatic rings. The molecule has 1 N–H and O–H groups in total. The van der Waals surface area contributed by atoms with Crippen LogP contribution in [0.2, 0.25) is 10.0 Å². The number of anilines is 1. The van der Waals surface area contributed by atoms with Crippen LogP contribution in [-0.2, 0) is 20.9 Å². The molecule has 0 aliphatic rings. The number of methoxy groups -OCH3 is 1. The van der Waals surface area contributed by atoms with Gasteiger partial charge in [0.25, 0.3) is 5.91 Å². The Labute approximate surface area is 208 Å². The largest absolute Gasteiger partial charge is 0.495 e. The Kier molecular flexibility index (Phi) is 8.96. The van der Waals surface area contributed by atoms with Crippen molar-refractivity contribution in [1.29, 1.82) is 0 Å². The van der Waals surface area contributed by atoms with Gasteiger partial charge in [0.2, 0.25) is 0 Å². The van der Waals surface area contributed by atoms with E-state index >= 15 is 0 Å². The van der Waals surface area contributed by atoms with Gasteiger partial charge in [-0.15, -0.1) is 0 Å².